The van der Waals surface area contributed by atoms with Gasteiger partial charge in [0.2, 0.25) is 0 Å². The molecule has 0 saturated heterocycles. The zero-order valence-electron chi connectivity index (χ0n) is 6.51. The number of hydrogen-bond donors (Lipinski definition) is 1. The number of nitrogen functional groups attached to an aromatic ring is 1. The lowest BCUT2D eigenvalue weighted by atomic mass is 10.1. The minimum Gasteiger partial charge on any atom is -0.396 e. The summed E-state index contributed by atoms with van der Waals surface area (Å²) in [6.07, 6.45) is 0. The Hall–Kier alpha value is -0.570. The summed E-state index contributed by atoms with van der Waals surface area (Å²) < 4.78 is 4.15. The van der Waals surface area contributed by atoms with Gasteiger partial charge in [-0.2, -0.15) is 4.37 Å². The second-order valence-electron chi connectivity index (χ2n) is 2.70. The van der Waals surface area contributed by atoms with Crippen molar-refractivity contribution in [2.24, 2.45) is 0 Å². The second kappa shape index (κ2) is 2.58. The van der Waals surface area contributed by atoms with Crippen molar-refractivity contribution in [2.45, 2.75) is 26.7 Å². The van der Waals surface area contributed by atoms with E-state index in [0.717, 1.165) is 11.4 Å². The molecule has 56 valence electrons. The van der Waals surface area contributed by atoms with E-state index < -0.39 is 0 Å². The first-order valence-electron chi connectivity index (χ1n) is 3.34. The summed E-state index contributed by atoms with van der Waals surface area (Å²) >= 11 is 1.51. The molecule has 0 aliphatic rings. The number of anilines is 1. The van der Waals surface area contributed by atoms with Crippen LogP contribution in [-0.2, 0) is 0 Å². The van der Waals surface area contributed by atoms with Gasteiger partial charge in [-0.05, 0) is 24.4 Å². The SMILES string of the molecule is Cc1nsc(C(C)C)c1N. The Bertz CT molecular complexity index is 228. The molecular formula is C7H12N2S. The van der Waals surface area contributed by atoms with Gasteiger partial charge >= 0.3 is 0 Å². The highest BCUT2D eigenvalue weighted by atomic mass is 32.1. The number of aryl methyl sites for hydroxylation is 1. The molecule has 10 heavy (non-hydrogen) atoms. The van der Waals surface area contributed by atoms with E-state index in [1.54, 1.807) is 0 Å². The predicted octanol–water partition coefficient (Wildman–Crippen LogP) is 2.16. The van der Waals surface area contributed by atoms with E-state index in [1.807, 2.05) is 6.92 Å². The highest BCUT2D eigenvalue weighted by molar-refractivity contribution is 7.06. The lowest BCUT2D eigenvalue weighted by Crippen LogP contribution is -1.91. The van der Waals surface area contributed by atoms with Crippen LogP contribution in [0.25, 0.3) is 0 Å². The summed E-state index contributed by atoms with van der Waals surface area (Å²) in [6, 6.07) is 0. The monoisotopic (exact) mass is 156 g/mol. The lowest BCUT2D eigenvalue weighted by Gasteiger charge is -1.99. The number of aromatic nitrogens is 1. The Labute approximate surface area is 65.2 Å². The molecule has 0 aliphatic heterocycles. The van der Waals surface area contributed by atoms with Crippen LogP contribution in [0.15, 0.2) is 0 Å². The molecule has 1 aromatic heterocycles. The number of nitrogens with zero attached hydrogens (tertiary/aromatic N) is 1. The van der Waals surface area contributed by atoms with Crippen LogP contribution in [0.3, 0.4) is 0 Å². The predicted molar refractivity (Wildman–Crippen MR) is 45.4 cm³/mol. The molecular weight excluding hydrogens is 144 g/mol. The minimum atomic E-state index is 0.506. The Morgan fingerprint density at radius 2 is 2.10 bits per heavy atom. The van der Waals surface area contributed by atoms with E-state index in [4.69, 9.17) is 5.73 Å². The van der Waals surface area contributed by atoms with Gasteiger partial charge in [-0.1, -0.05) is 13.8 Å². The van der Waals surface area contributed by atoms with E-state index in [0.29, 0.717) is 5.92 Å². The van der Waals surface area contributed by atoms with Crippen LogP contribution in [-0.4, -0.2) is 4.37 Å². The van der Waals surface area contributed by atoms with E-state index in [2.05, 4.69) is 18.2 Å². The maximum absolute atomic E-state index is 5.75. The average molecular weight is 156 g/mol. The Balaban J connectivity index is 3.05. The quantitative estimate of drug-likeness (QED) is 0.676. The van der Waals surface area contributed by atoms with Crippen molar-refractivity contribution in [3.05, 3.63) is 10.6 Å². The highest BCUT2D eigenvalue weighted by Crippen LogP contribution is 2.27. The van der Waals surface area contributed by atoms with Crippen molar-refractivity contribution in [1.82, 2.24) is 4.37 Å². The van der Waals surface area contributed by atoms with Crippen LogP contribution < -0.4 is 5.73 Å². The second-order valence-corrected chi connectivity index (χ2v) is 3.51. The van der Waals surface area contributed by atoms with Crippen molar-refractivity contribution in [1.29, 1.82) is 0 Å². The summed E-state index contributed by atoms with van der Waals surface area (Å²) in [5.41, 5.74) is 7.59. The molecule has 2 N–H and O–H groups in total. The fraction of sp³-hybridized carbons (Fsp3) is 0.571. The topological polar surface area (TPSA) is 38.9 Å². The van der Waals surface area contributed by atoms with Crippen molar-refractivity contribution < 1.29 is 0 Å². The standard InChI is InChI=1S/C7H12N2S/c1-4(2)7-6(8)5(3)9-10-7/h4H,8H2,1-3H3. The minimum absolute atomic E-state index is 0.506. The Kier molecular flexibility index (Phi) is 1.94. The van der Waals surface area contributed by atoms with Gasteiger partial charge in [0.15, 0.2) is 0 Å². The summed E-state index contributed by atoms with van der Waals surface area (Å²) in [6.45, 7) is 6.20. The van der Waals surface area contributed by atoms with Gasteiger partial charge in [0.25, 0.3) is 0 Å². The van der Waals surface area contributed by atoms with Crippen molar-refractivity contribution in [2.75, 3.05) is 5.73 Å². The zero-order chi connectivity index (χ0) is 7.72. The third kappa shape index (κ3) is 1.14. The van der Waals surface area contributed by atoms with Crippen molar-refractivity contribution in [3.8, 4) is 0 Å². The molecule has 0 fully saturated rings. The third-order valence-corrected chi connectivity index (χ3v) is 2.71. The maximum Gasteiger partial charge on any atom is 0.0743 e. The van der Waals surface area contributed by atoms with Gasteiger partial charge in [0, 0.05) is 0 Å². The Morgan fingerprint density at radius 1 is 1.50 bits per heavy atom. The fourth-order valence-electron chi connectivity index (χ4n) is 0.811. The molecule has 0 radical (unpaired) electrons. The normalized spacial score (nSPS) is 10.8. The number of rotatable bonds is 1. The molecule has 1 aromatic rings. The molecule has 0 aromatic carbocycles. The fourth-order valence-corrected chi connectivity index (χ4v) is 1.60. The molecule has 2 nitrogen and oxygen atoms in total. The number of nitrogens with two attached hydrogens (primary N) is 1. The van der Waals surface area contributed by atoms with E-state index >= 15 is 0 Å². The largest absolute Gasteiger partial charge is 0.396 e. The van der Waals surface area contributed by atoms with E-state index in [1.165, 1.54) is 16.4 Å². The summed E-state index contributed by atoms with van der Waals surface area (Å²) in [5.74, 6) is 0.506. The molecule has 0 saturated carbocycles. The van der Waals surface area contributed by atoms with Gasteiger partial charge in [-0.15, -0.1) is 0 Å². The molecule has 0 unspecified atom stereocenters. The lowest BCUT2D eigenvalue weighted by molar-refractivity contribution is 0.891. The van der Waals surface area contributed by atoms with Crippen molar-refractivity contribution in [3.63, 3.8) is 0 Å². The molecule has 3 heteroatoms. The smallest absolute Gasteiger partial charge is 0.0743 e. The van der Waals surface area contributed by atoms with Crippen LogP contribution in [0.2, 0.25) is 0 Å². The van der Waals surface area contributed by atoms with Gasteiger partial charge in [0.1, 0.15) is 0 Å². The van der Waals surface area contributed by atoms with Gasteiger partial charge in [-0.25, -0.2) is 0 Å². The molecule has 0 atom stereocenters. The zero-order valence-corrected chi connectivity index (χ0v) is 7.33. The number of hydrogen-bond acceptors (Lipinski definition) is 3. The first kappa shape index (κ1) is 7.54. The molecule has 0 bridgehead atoms. The van der Waals surface area contributed by atoms with Crippen LogP contribution >= 0.6 is 11.5 Å². The first-order valence-corrected chi connectivity index (χ1v) is 4.12. The Morgan fingerprint density at radius 3 is 2.30 bits per heavy atom. The molecule has 0 amide bonds. The van der Waals surface area contributed by atoms with Crippen LogP contribution in [0, 0.1) is 6.92 Å². The van der Waals surface area contributed by atoms with Crippen LogP contribution in [0.5, 0.6) is 0 Å². The molecule has 0 spiro atoms. The van der Waals surface area contributed by atoms with E-state index in [-0.39, 0.29) is 0 Å². The van der Waals surface area contributed by atoms with Gasteiger partial charge < -0.3 is 5.73 Å². The highest BCUT2D eigenvalue weighted by Gasteiger charge is 2.09. The molecule has 1 heterocycles. The molecule has 1 rings (SSSR count). The summed E-state index contributed by atoms with van der Waals surface area (Å²) in [5, 5.41) is 0. The van der Waals surface area contributed by atoms with Crippen molar-refractivity contribution >= 4 is 17.2 Å². The van der Waals surface area contributed by atoms with E-state index in [9.17, 15) is 0 Å². The molecule has 0 aliphatic carbocycles. The van der Waals surface area contributed by atoms with Crippen LogP contribution in [0.1, 0.15) is 30.3 Å². The van der Waals surface area contributed by atoms with Crippen LogP contribution in [0.4, 0.5) is 5.69 Å². The average Bonchev–Trinajstić information content (AvgIpc) is 2.14. The third-order valence-electron chi connectivity index (χ3n) is 1.46. The summed E-state index contributed by atoms with van der Waals surface area (Å²) in [4.78, 5) is 1.21. The van der Waals surface area contributed by atoms with Gasteiger partial charge in [0.05, 0.1) is 16.3 Å². The maximum atomic E-state index is 5.75. The van der Waals surface area contributed by atoms with Gasteiger partial charge in [-0.3, -0.25) is 0 Å². The first-order chi connectivity index (χ1) is 4.63. The summed E-state index contributed by atoms with van der Waals surface area (Å²) in [7, 11) is 0.